The van der Waals surface area contributed by atoms with Crippen LogP contribution in [0.25, 0.3) is 0 Å². The van der Waals surface area contributed by atoms with Gasteiger partial charge in [0.15, 0.2) is 0 Å². The molecule has 1 aromatic rings. The number of aryl methyl sites for hydroxylation is 2. The lowest BCUT2D eigenvalue weighted by Gasteiger charge is -2.34. The third kappa shape index (κ3) is 3.32. The topological polar surface area (TPSA) is 21.1 Å². The van der Waals surface area contributed by atoms with Crippen LogP contribution in [0.5, 0.6) is 0 Å². The maximum absolute atomic E-state index is 4.52. The van der Waals surface area contributed by atoms with Crippen molar-refractivity contribution in [2.45, 2.75) is 39.3 Å². The van der Waals surface area contributed by atoms with Crippen LogP contribution in [0.4, 0.5) is 0 Å². The van der Waals surface area contributed by atoms with Crippen molar-refractivity contribution in [1.82, 2.24) is 14.7 Å². The van der Waals surface area contributed by atoms with E-state index in [1.807, 2.05) is 11.7 Å². The average Bonchev–Trinajstić information content (AvgIpc) is 2.56. The fraction of sp³-hybridized carbons (Fsp3) is 0.750. The molecule has 0 aromatic carbocycles. The van der Waals surface area contributed by atoms with Crippen molar-refractivity contribution < 1.29 is 0 Å². The Labute approximate surface area is 121 Å². The van der Waals surface area contributed by atoms with Crippen molar-refractivity contribution in [3.8, 4) is 0 Å². The third-order valence-corrected chi connectivity index (χ3v) is 5.54. The standard InChI is InChI=1S/C12H21Br2N3/c1-6-9-11(14)10(17(5)15-9)7-16(4)12(2,3)8-13/h6-8H2,1-5H3. The maximum Gasteiger partial charge on any atom is 0.0767 e. The molecule has 0 unspecified atom stereocenters. The molecule has 0 aliphatic heterocycles. The van der Waals surface area contributed by atoms with Gasteiger partial charge in [-0.05, 0) is 43.2 Å². The Balaban J connectivity index is 2.92. The first-order valence-electron chi connectivity index (χ1n) is 5.81. The minimum absolute atomic E-state index is 0.135. The Morgan fingerprint density at radius 1 is 1.41 bits per heavy atom. The van der Waals surface area contributed by atoms with E-state index < -0.39 is 0 Å². The fourth-order valence-electron chi connectivity index (χ4n) is 1.53. The summed E-state index contributed by atoms with van der Waals surface area (Å²) in [4.78, 5) is 2.34. The van der Waals surface area contributed by atoms with Gasteiger partial charge in [0.05, 0.1) is 15.9 Å². The van der Waals surface area contributed by atoms with E-state index in [1.165, 1.54) is 5.69 Å². The van der Waals surface area contributed by atoms with Crippen LogP contribution >= 0.6 is 31.9 Å². The molecular formula is C12H21Br2N3. The number of hydrogen-bond donors (Lipinski definition) is 0. The van der Waals surface area contributed by atoms with E-state index >= 15 is 0 Å². The second-order valence-electron chi connectivity index (χ2n) is 4.99. The first-order valence-corrected chi connectivity index (χ1v) is 7.72. The monoisotopic (exact) mass is 365 g/mol. The highest BCUT2D eigenvalue weighted by Crippen LogP contribution is 2.25. The molecule has 5 heteroatoms. The highest BCUT2D eigenvalue weighted by Gasteiger charge is 2.24. The van der Waals surface area contributed by atoms with Crippen molar-refractivity contribution in [2.24, 2.45) is 7.05 Å². The van der Waals surface area contributed by atoms with E-state index in [0.717, 1.165) is 28.5 Å². The average molecular weight is 367 g/mol. The number of hydrogen-bond acceptors (Lipinski definition) is 2. The van der Waals surface area contributed by atoms with Gasteiger partial charge in [-0.2, -0.15) is 5.10 Å². The first kappa shape index (κ1) is 15.2. The lowest BCUT2D eigenvalue weighted by molar-refractivity contribution is 0.169. The van der Waals surface area contributed by atoms with Crippen LogP contribution in [0, 0.1) is 0 Å². The molecule has 0 aliphatic carbocycles. The summed E-state index contributed by atoms with van der Waals surface area (Å²) in [6.07, 6.45) is 0.958. The maximum atomic E-state index is 4.52. The molecule has 17 heavy (non-hydrogen) atoms. The van der Waals surface area contributed by atoms with Gasteiger partial charge in [0.1, 0.15) is 0 Å². The molecule has 0 spiro atoms. The minimum atomic E-state index is 0.135. The van der Waals surface area contributed by atoms with Gasteiger partial charge in [0.25, 0.3) is 0 Å². The van der Waals surface area contributed by atoms with E-state index in [-0.39, 0.29) is 5.54 Å². The SMILES string of the molecule is CCc1nn(C)c(CN(C)C(C)(C)CBr)c1Br. The summed E-state index contributed by atoms with van der Waals surface area (Å²) in [6, 6.07) is 0. The third-order valence-electron chi connectivity index (χ3n) is 3.25. The van der Waals surface area contributed by atoms with Gasteiger partial charge in [-0.3, -0.25) is 9.58 Å². The summed E-state index contributed by atoms with van der Waals surface area (Å²) in [5.41, 5.74) is 2.50. The number of alkyl halides is 1. The smallest absolute Gasteiger partial charge is 0.0767 e. The Hall–Kier alpha value is 0.130. The van der Waals surface area contributed by atoms with E-state index in [4.69, 9.17) is 0 Å². The summed E-state index contributed by atoms with van der Waals surface area (Å²) in [7, 11) is 4.15. The lowest BCUT2D eigenvalue weighted by Crippen LogP contribution is -2.42. The fourth-order valence-corrected chi connectivity index (χ4v) is 2.70. The predicted octanol–water partition coefficient (Wildman–Crippen LogP) is 3.35. The summed E-state index contributed by atoms with van der Waals surface area (Å²) < 4.78 is 3.13. The molecule has 0 saturated carbocycles. The van der Waals surface area contributed by atoms with Crippen molar-refractivity contribution >= 4 is 31.9 Å². The van der Waals surface area contributed by atoms with Crippen LogP contribution in [0.1, 0.15) is 32.2 Å². The molecule has 1 rings (SSSR count). The van der Waals surface area contributed by atoms with Crippen LogP contribution in [-0.2, 0) is 20.0 Å². The largest absolute Gasteiger partial charge is 0.295 e. The molecule has 3 nitrogen and oxygen atoms in total. The van der Waals surface area contributed by atoms with Crippen molar-refractivity contribution in [3.05, 3.63) is 15.9 Å². The second-order valence-corrected chi connectivity index (χ2v) is 6.34. The lowest BCUT2D eigenvalue weighted by atomic mass is 10.1. The van der Waals surface area contributed by atoms with Gasteiger partial charge < -0.3 is 0 Å². The molecular weight excluding hydrogens is 346 g/mol. The van der Waals surface area contributed by atoms with Crippen molar-refractivity contribution in [1.29, 1.82) is 0 Å². The van der Waals surface area contributed by atoms with Crippen LogP contribution < -0.4 is 0 Å². The molecule has 1 heterocycles. The molecule has 0 atom stereocenters. The summed E-state index contributed by atoms with van der Waals surface area (Å²) in [5, 5.41) is 5.47. The highest BCUT2D eigenvalue weighted by atomic mass is 79.9. The van der Waals surface area contributed by atoms with Crippen molar-refractivity contribution in [2.75, 3.05) is 12.4 Å². The van der Waals surface area contributed by atoms with Gasteiger partial charge >= 0.3 is 0 Å². The molecule has 1 aromatic heterocycles. The molecule has 0 aliphatic rings. The Kier molecular flexibility index (Phi) is 5.22. The normalized spacial score (nSPS) is 12.5. The second kappa shape index (κ2) is 5.85. The van der Waals surface area contributed by atoms with Crippen LogP contribution in [-0.4, -0.2) is 32.6 Å². The van der Waals surface area contributed by atoms with Gasteiger partial charge in [-0.25, -0.2) is 0 Å². The summed E-state index contributed by atoms with van der Waals surface area (Å²) in [5.74, 6) is 0. The number of aromatic nitrogens is 2. The van der Waals surface area contributed by atoms with E-state index in [2.05, 4.69) is 69.7 Å². The van der Waals surface area contributed by atoms with E-state index in [1.54, 1.807) is 0 Å². The van der Waals surface area contributed by atoms with Gasteiger partial charge in [0.2, 0.25) is 0 Å². The van der Waals surface area contributed by atoms with E-state index in [0.29, 0.717) is 0 Å². The number of halogens is 2. The molecule has 0 saturated heterocycles. The highest BCUT2D eigenvalue weighted by molar-refractivity contribution is 9.10. The molecule has 0 radical (unpaired) electrons. The van der Waals surface area contributed by atoms with Crippen LogP contribution in [0.15, 0.2) is 4.47 Å². The predicted molar refractivity (Wildman–Crippen MR) is 79.6 cm³/mol. The molecule has 0 N–H and O–H groups in total. The Morgan fingerprint density at radius 2 is 2.00 bits per heavy atom. The number of rotatable bonds is 5. The zero-order valence-corrected chi connectivity index (χ0v) is 14.4. The zero-order chi connectivity index (χ0) is 13.2. The first-order chi connectivity index (χ1) is 7.83. The zero-order valence-electron chi connectivity index (χ0n) is 11.2. The Morgan fingerprint density at radius 3 is 2.41 bits per heavy atom. The molecule has 0 amide bonds. The molecule has 98 valence electrons. The van der Waals surface area contributed by atoms with Crippen LogP contribution in [0.3, 0.4) is 0 Å². The van der Waals surface area contributed by atoms with Crippen molar-refractivity contribution in [3.63, 3.8) is 0 Å². The van der Waals surface area contributed by atoms with E-state index in [9.17, 15) is 0 Å². The van der Waals surface area contributed by atoms with Gasteiger partial charge in [0, 0.05) is 24.5 Å². The summed E-state index contributed by atoms with van der Waals surface area (Å²) in [6.45, 7) is 7.48. The summed E-state index contributed by atoms with van der Waals surface area (Å²) >= 11 is 7.22. The van der Waals surface area contributed by atoms with Crippen LogP contribution in [0.2, 0.25) is 0 Å². The quantitative estimate of drug-likeness (QED) is 0.745. The van der Waals surface area contributed by atoms with Gasteiger partial charge in [-0.15, -0.1) is 0 Å². The number of nitrogens with zero attached hydrogens (tertiary/aromatic N) is 3. The minimum Gasteiger partial charge on any atom is -0.295 e. The molecule has 0 fully saturated rings. The Bertz CT molecular complexity index is 385. The van der Waals surface area contributed by atoms with Gasteiger partial charge in [-0.1, -0.05) is 22.9 Å². The molecule has 0 bridgehead atoms.